The fourth-order valence-corrected chi connectivity index (χ4v) is 1.33. The molecule has 2 N–H and O–H groups in total. The molecule has 0 atom stereocenters. The first kappa shape index (κ1) is 12.7. The number of carbonyl (C=O) groups excluding carboxylic acids is 1. The molecule has 0 aliphatic carbocycles. The smallest absolute Gasteiger partial charge is 0.336 e. The number of hydrogen-bond acceptors (Lipinski definition) is 4. The molecule has 1 amide bonds. The Hall–Kier alpha value is -2.70. The fraction of sp³-hybridized carbons (Fsp3) is 0.0833. The number of nitrogens with zero attached hydrogens (tertiary/aromatic N) is 2. The molecule has 0 radical (unpaired) electrons. The molecule has 6 nitrogen and oxygen atoms in total. The Balaban J connectivity index is 1.99. The van der Waals surface area contributed by atoms with Crippen molar-refractivity contribution in [2.24, 2.45) is 0 Å². The van der Waals surface area contributed by atoms with Crippen LogP contribution in [0.25, 0.3) is 6.08 Å². The zero-order valence-corrected chi connectivity index (χ0v) is 10.1. The summed E-state index contributed by atoms with van der Waals surface area (Å²) >= 11 is 0. The SMILES string of the molecule is COc1n[nH]c(NC(=O)/C=C/c2ccccc2F)n1. The minimum Gasteiger partial charge on any atom is -0.466 e. The van der Waals surface area contributed by atoms with Crippen LogP contribution in [0.4, 0.5) is 10.3 Å². The van der Waals surface area contributed by atoms with Gasteiger partial charge in [-0.05, 0) is 12.1 Å². The first-order valence-electron chi connectivity index (χ1n) is 5.39. The van der Waals surface area contributed by atoms with Crippen LogP contribution in [0.2, 0.25) is 0 Å². The summed E-state index contributed by atoms with van der Waals surface area (Å²) in [4.78, 5) is 15.4. The lowest BCUT2D eigenvalue weighted by atomic mass is 10.2. The molecule has 2 rings (SSSR count). The van der Waals surface area contributed by atoms with Crippen LogP contribution >= 0.6 is 0 Å². The van der Waals surface area contributed by atoms with Crippen LogP contribution < -0.4 is 10.1 Å². The van der Waals surface area contributed by atoms with Crippen molar-refractivity contribution in [3.8, 4) is 6.01 Å². The van der Waals surface area contributed by atoms with Crippen LogP contribution in [-0.2, 0) is 4.79 Å². The van der Waals surface area contributed by atoms with Crippen molar-refractivity contribution in [1.29, 1.82) is 0 Å². The Morgan fingerprint density at radius 2 is 2.26 bits per heavy atom. The molecule has 0 saturated heterocycles. The number of H-pyrrole nitrogens is 1. The number of nitrogens with one attached hydrogen (secondary N) is 2. The topological polar surface area (TPSA) is 79.9 Å². The van der Waals surface area contributed by atoms with E-state index in [2.05, 4.69) is 20.5 Å². The van der Waals surface area contributed by atoms with Gasteiger partial charge < -0.3 is 4.74 Å². The minimum absolute atomic E-state index is 0.119. The summed E-state index contributed by atoms with van der Waals surface area (Å²) in [6.07, 6.45) is 2.58. The molecule has 0 aliphatic heterocycles. The number of ether oxygens (including phenoxy) is 1. The molecule has 1 heterocycles. The minimum atomic E-state index is -0.456. The van der Waals surface area contributed by atoms with Gasteiger partial charge in [-0.1, -0.05) is 18.2 Å². The molecule has 1 aromatic carbocycles. The second-order valence-electron chi connectivity index (χ2n) is 3.51. The van der Waals surface area contributed by atoms with Crippen LogP contribution in [0.5, 0.6) is 6.01 Å². The van der Waals surface area contributed by atoms with Gasteiger partial charge in [0.15, 0.2) is 0 Å². The molecule has 98 valence electrons. The van der Waals surface area contributed by atoms with Gasteiger partial charge in [-0.15, -0.1) is 5.10 Å². The van der Waals surface area contributed by atoms with E-state index in [4.69, 9.17) is 4.74 Å². The van der Waals surface area contributed by atoms with E-state index >= 15 is 0 Å². The summed E-state index contributed by atoms with van der Waals surface area (Å²) in [6, 6.07) is 6.26. The highest BCUT2D eigenvalue weighted by Gasteiger charge is 2.05. The van der Waals surface area contributed by atoms with Crippen LogP contribution in [0.3, 0.4) is 0 Å². The Labute approximate surface area is 108 Å². The predicted molar refractivity (Wildman–Crippen MR) is 67.0 cm³/mol. The number of methoxy groups -OCH3 is 1. The average Bonchev–Trinajstić information content (AvgIpc) is 2.85. The van der Waals surface area contributed by atoms with Crippen molar-refractivity contribution < 1.29 is 13.9 Å². The highest BCUT2D eigenvalue weighted by molar-refractivity contribution is 6.00. The van der Waals surface area contributed by atoms with E-state index in [1.165, 1.54) is 25.3 Å². The molecule has 0 bridgehead atoms. The van der Waals surface area contributed by atoms with Gasteiger partial charge in [-0.3, -0.25) is 10.1 Å². The fourth-order valence-electron chi connectivity index (χ4n) is 1.33. The maximum Gasteiger partial charge on any atom is 0.336 e. The van der Waals surface area contributed by atoms with Crippen molar-refractivity contribution in [2.45, 2.75) is 0 Å². The summed E-state index contributed by atoms with van der Waals surface area (Å²) in [7, 11) is 1.41. The largest absolute Gasteiger partial charge is 0.466 e. The van der Waals surface area contributed by atoms with Crippen molar-refractivity contribution in [1.82, 2.24) is 15.2 Å². The lowest BCUT2D eigenvalue weighted by Crippen LogP contribution is -2.09. The number of anilines is 1. The molecule has 0 saturated carbocycles. The van der Waals surface area contributed by atoms with Gasteiger partial charge in [-0.2, -0.15) is 4.98 Å². The zero-order valence-electron chi connectivity index (χ0n) is 10.1. The van der Waals surface area contributed by atoms with Gasteiger partial charge >= 0.3 is 6.01 Å². The number of aromatic nitrogens is 3. The predicted octanol–water partition coefficient (Wildman–Crippen LogP) is 1.60. The Morgan fingerprint density at radius 3 is 2.95 bits per heavy atom. The molecule has 2 aromatic rings. The first-order valence-corrected chi connectivity index (χ1v) is 5.39. The third-order valence-electron chi connectivity index (χ3n) is 2.21. The third-order valence-corrected chi connectivity index (χ3v) is 2.21. The summed E-state index contributed by atoms with van der Waals surface area (Å²) in [6.45, 7) is 0. The van der Waals surface area contributed by atoms with Crippen molar-refractivity contribution in [3.63, 3.8) is 0 Å². The number of halogens is 1. The Morgan fingerprint density at radius 1 is 1.47 bits per heavy atom. The standard InChI is InChI=1S/C12H11FN4O2/c1-19-12-15-11(16-17-12)14-10(18)7-6-8-4-2-3-5-9(8)13/h2-7H,1H3,(H2,14,15,16,17,18)/b7-6+. The number of hydrogen-bond donors (Lipinski definition) is 2. The molecule has 0 aliphatic rings. The molecule has 1 aromatic heterocycles. The monoisotopic (exact) mass is 262 g/mol. The summed E-state index contributed by atoms with van der Waals surface area (Å²) in [5, 5.41) is 8.56. The van der Waals surface area contributed by atoms with E-state index in [-0.39, 0.29) is 12.0 Å². The van der Waals surface area contributed by atoms with Gasteiger partial charge in [0.25, 0.3) is 5.91 Å². The summed E-state index contributed by atoms with van der Waals surface area (Å²) < 4.78 is 18.0. The van der Waals surface area contributed by atoms with Crippen LogP contribution in [0.15, 0.2) is 30.3 Å². The van der Waals surface area contributed by atoms with E-state index in [1.54, 1.807) is 18.2 Å². The van der Waals surface area contributed by atoms with Gasteiger partial charge in [0.05, 0.1) is 7.11 Å². The van der Waals surface area contributed by atoms with E-state index in [1.807, 2.05) is 0 Å². The number of carbonyl (C=O) groups is 1. The second-order valence-corrected chi connectivity index (χ2v) is 3.51. The Kier molecular flexibility index (Phi) is 3.87. The summed E-state index contributed by atoms with van der Waals surface area (Å²) in [5.41, 5.74) is 0.327. The van der Waals surface area contributed by atoms with Gasteiger partial charge in [0.1, 0.15) is 5.82 Å². The van der Waals surface area contributed by atoms with Crippen molar-refractivity contribution in [2.75, 3.05) is 12.4 Å². The summed E-state index contributed by atoms with van der Waals surface area (Å²) in [5.74, 6) is -0.699. The highest BCUT2D eigenvalue weighted by Crippen LogP contribution is 2.09. The van der Waals surface area contributed by atoms with Crippen LogP contribution in [-0.4, -0.2) is 28.2 Å². The molecule has 7 heteroatoms. The Bertz CT molecular complexity index is 609. The average molecular weight is 262 g/mol. The molecular formula is C12H11FN4O2. The molecule has 19 heavy (non-hydrogen) atoms. The molecular weight excluding hydrogens is 251 g/mol. The van der Waals surface area contributed by atoms with Gasteiger partial charge in [-0.25, -0.2) is 9.49 Å². The van der Waals surface area contributed by atoms with E-state index in [0.29, 0.717) is 5.56 Å². The van der Waals surface area contributed by atoms with E-state index < -0.39 is 11.7 Å². The molecule has 0 fully saturated rings. The van der Waals surface area contributed by atoms with E-state index in [0.717, 1.165) is 0 Å². The number of aromatic amines is 1. The van der Waals surface area contributed by atoms with Crippen molar-refractivity contribution in [3.05, 3.63) is 41.7 Å². The number of benzene rings is 1. The zero-order chi connectivity index (χ0) is 13.7. The number of amides is 1. The van der Waals surface area contributed by atoms with Crippen LogP contribution in [0, 0.1) is 5.82 Å². The number of rotatable bonds is 4. The normalized spacial score (nSPS) is 10.6. The molecule has 0 unspecified atom stereocenters. The maximum absolute atomic E-state index is 13.3. The molecule has 0 spiro atoms. The van der Waals surface area contributed by atoms with Crippen molar-refractivity contribution >= 4 is 17.9 Å². The second kappa shape index (κ2) is 5.76. The third kappa shape index (κ3) is 3.38. The lowest BCUT2D eigenvalue weighted by molar-refractivity contribution is -0.111. The van der Waals surface area contributed by atoms with Gasteiger partial charge in [0, 0.05) is 11.6 Å². The lowest BCUT2D eigenvalue weighted by Gasteiger charge is -1.96. The quantitative estimate of drug-likeness (QED) is 0.820. The van der Waals surface area contributed by atoms with E-state index in [9.17, 15) is 9.18 Å². The first-order chi connectivity index (χ1) is 9.19. The van der Waals surface area contributed by atoms with Gasteiger partial charge in [0.2, 0.25) is 5.95 Å². The van der Waals surface area contributed by atoms with Crippen LogP contribution in [0.1, 0.15) is 5.56 Å². The highest BCUT2D eigenvalue weighted by atomic mass is 19.1. The maximum atomic E-state index is 13.3.